The van der Waals surface area contributed by atoms with Crippen molar-refractivity contribution in [3.63, 3.8) is 0 Å². The van der Waals surface area contributed by atoms with Crippen molar-refractivity contribution >= 4 is 17.8 Å². The molecule has 2 atom stereocenters. The standard InChI is InChI=1S/C24H27N3O3/c1-3-20(18-12-10-16(2)11-13-18)25-21(28)15-27-22(29)24(26-23(27)30)14-6-8-17-7-4-5-9-19(17)24/h4-5,7,9-13,20H,3,6,8,14-15H2,1-2H3,(H,25,28)(H,26,30)/t20-,24+/m0/s1. The number of hydrogen-bond acceptors (Lipinski definition) is 3. The summed E-state index contributed by atoms with van der Waals surface area (Å²) < 4.78 is 0. The van der Waals surface area contributed by atoms with Crippen LogP contribution in [0.4, 0.5) is 4.79 Å². The van der Waals surface area contributed by atoms with Crippen LogP contribution < -0.4 is 10.6 Å². The third kappa shape index (κ3) is 3.47. The minimum atomic E-state index is -1.05. The van der Waals surface area contributed by atoms with E-state index < -0.39 is 11.6 Å². The fraction of sp³-hybridized carbons (Fsp3) is 0.375. The maximum absolute atomic E-state index is 13.3. The zero-order chi connectivity index (χ0) is 21.3. The first-order valence-corrected chi connectivity index (χ1v) is 10.5. The van der Waals surface area contributed by atoms with Gasteiger partial charge in [0, 0.05) is 0 Å². The largest absolute Gasteiger partial charge is 0.348 e. The van der Waals surface area contributed by atoms with Gasteiger partial charge in [-0.3, -0.25) is 14.5 Å². The number of benzene rings is 2. The first-order chi connectivity index (χ1) is 14.4. The highest BCUT2D eigenvalue weighted by Crippen LogP contribution is 2.39. The molecule has 2 aromatic rings. The van der Waals surface area contributed by atoms with Gasteiger partial charge in [0.2, 0.25) is 5.91 Å². The van der Waals surface area contributed by atoms with Crippen molar-refractivity contribution in [1.29, 1.82) is 0 Å². The van der Waals surface area contributed by atoms with Crippen LogP contribution in [-0.2, 0) is 21.5 Å². The smallest absolute Gasteiger partial charge is 0.325 e. The monoisotopic (exact) mass is 405 g/mol. The number of amides is 4. The molecule has 1 fully saturated rings. The third-order valence-electron chi connectivity index (χ3n) is 6.18. The molecule has 1 aliphatic heterocycles. The molecule has 4 rings (SSSR count). The molecular formula is C24H27N3O3. The number of carbonyl (C=O) groups excluding carboxylic acids is 3. The number of aryl methyl sites for hydroxylation is 2. The fourth-order valence-corrected chi connectivity index (χ4v) is 4.56. The minimum Gasteiger partial charge on any atom is -0.348 e. The summed E-state index contributed by atoms with van der Waals surface area (Å²) in [6.07, 6.45) is 2.96. The number of hydrogen-bond donors (Lipinski definition) is 2. The topological polar surface area (TPSA) is 78.5 Å². The molecule has 0 unspecified atom stereocenters. The van der Waals surface area contributed by atoms with Crippen LogP contribution in [0, 0.1) is 6.92 Å². The molecule has 1 heterocycles. The van der Waals surface area contributed by atoms with Gasteiger partial charge >= 0.3 is 6.03 Å². The highest BCUT2D eigenvalue weighted by Gasteiger charge is 2.54. The molecule has 4 amide bonds. The summed E-state index contributed by atoms with van der Waals surface area (Å²) >= 11 is 0. The van der Waals surface area contributed by atoms with Crippen LogP contribution in [-0.4, -0.2) is 29.3 Å². The lowest BCUT2D eigenvalue weighted by Gasteiger charge is -2.33. The summed E-state index contributed by atoms with van der Waals surface area (Å²) in [5.41, 5.74) is 3.04. The van der Waals surface area contributed by atoms with Crippen LogP contribution in [0.3, 0.4) is 0 Å². The van der Waals surface area contributed by atoms with Crippen molar-refractivity contribution < 1.29 is 14.4 Å². The number of imide groups is 1. The van der Waals surface area contributed by atoms with Gasteiger partial charge in [-0.15, -0.1) is 0 Å². The van der Waals surface area contributed by atoms with Crippen LogP contribution in [0.2, 0.25) is 0 Å². The first-order valence-electron chi connectivity index (χ1n) is 10.5. The van der Waals surface area contributed by atoms with E-state index in [1.807, 2.05) is 62.4 Å². The van der Waals surface area contributed by atoms with E-state index >= 15 is 0 Å². The molecule has 2 N–H and O–H groups in total. The van der Waals surface area contributed by atoms with Gasteiger partial charge in [-0.2, -0.15) is 0 Å². The first kappa shape index (κ1) is 20.1. The molecule has 2 aromatic carbocycles. The molecule has 6 heteroatoms. The Balaban J connectivity index is 1.50. The summed E-state index contributed by atoms with van der Waals surface area (Å²) in [6, 6.07) is 15.1. The second kappa shape index (κ2) is 7.94. The Morgan fingerprint density at radius 3 is 2.63 bits per heavy atom. The van der Waals surface area contributed by atoms with E-state index in [-0.39, 0.29) is 24.4 Å². The maximum Gasteiger partial charge on any atom is 0.325 e. The van der Waals surface area contributed by atoms with Gasteiger partial charge < -0.3 is 10.6 Å². The van der Waals surface area contributed by atoms with Crippen molar-refractivity contribution in [3.8, 4) is 0 Å². The molecule has 6 nitrogen and oxygen atoms in total. The SMILES string of the molecule is CC[C@H](NC(=O)CN1C(=O)N[C@@]2(CCCc3ccccc32)C1=O)c1ccc(C)cc1. The second-order valence-electron chi connectivity index (χ2n) is 8.18. The van der Waals surface area contributed by atoms with E-state index in [1.54, 1.807) is 0 Å². The Kier molecular flexibility index (Phi) is 5.33. The van der Waals surface area contributed by atoms with Crippen molar-refractivity contribution in [3.05, 3.63) is 70.8 Å². The summed E-state index contributed by atoms with van der Waals surface area (Å²) in [5, 5.41) is 5.86. The number of urea groups is 1. The van der Waals surface area contributed by atoms with E-state index in [4.69, 9.17) is 0 Å². The Bertz CT molecular complexity index is 985. The Hall–Kier alpha value is -3.15. The molecule has 0 bridgehead atoms. The fourth-order valence-electron chi connectivity index (χ4n) is 4.56. The molecule has 1 aliphatic carbocycles. The quantitative estimate of drug-likeness (QED) is 0.749. The number of nitrogens with zero attached hydrogens (tertiary/aromatic N) is 1. The Morgan fingerprint density at radius 1 is 1.17 bits per heavy atom. The summed E-state index contributed by atoms with van der Waals surface area (Å²) in [6.45, 7) is 3.73. The van der Waals surface area contributed by atoms with Crippen LogP contribution in [0.15, 0.2) is 48.5 Å². The average Bonchev–Trinajstić information content (AvgIpc) is 2.98. The lowest BCUT2D eigenvalue weighted by molar-refractivity contribution is -0.135. The highest BCUT2D eigenvalue weighted by molar-refractivity contribution is 6.09. The lowest BCUT2D eigenvalue weighted by Crippen LogP contribution is -2.47. The Labute approximate surface area is 176 Å². The molecule has 0 saturated carbocycles. The molecule has 156 valence electrons. The van der Waals surface area contributed by atoms with Crippen LogP contribution in [0.1, 0.15) is 54.5 Å². The van der Waals surface area contributed by atoms with Gasteiger partial charge in [-0.05, 0) is 49.3 Å². The molecule has 0 aromatic heterocycles. The van der Waals surface area contributed by atoms with Crippen LogP contribution in [0.25, 0.3) is 0 Å². The number of fused-ring (bicyclic) bond motifs is 2. The van der Waals surface area contributed by atoms with Gasteiger partial charge in [0.15, 0.2) is 0 Å². The number of carbonyl (C=O) groups is 3. The zero-order valence-electron chi connectivity index (χ0n) is 17.4. The van der Waals surface area contributed by atoms with E-state index in [0.717, 1.165) is 40.0 Å². The van der Waals surface area contributed by atoms with Gasteiger partial charge in [0.05, 0.1) is 6.04 Å². The normalized spacial score (nSPS) is 21.3. The van der Waals surface area contributed by atoms with Crippen LogP contribution in [0.5, 0.6) is 0 Å². The maximum atomic E-state index is 13.3. The molecule has 1 spiro atoms. The predicted octanol–water partition coefficient (Wildman–Crippen LogP) is 3.35. The second-order valence-corrected chi connectivity index (χ2v) is 8.18. The third-order valence-corrected chi connectivity index (χ3v) is 6.18. The zero-order valence-corrected chi connectivity index (χ0v) is 17.4. The van der Waals surface area contributed by atoms with Crippen molar-refractivity contribution in [2.24, 2.45) is 0 Å². The van der Waals surface area contributed by atoms with Crippen LogP contribution >= 0.6 is 0 Å². The molecular weight excluding hydrogens is 378 g/mol. The average molecular weight is 405 g/mol. The molecule has 30 heavy (non-hydrogen) atoms. The van der Waals surface area contributed by atoms with Crippen molar-refractivity contribution in [2.75, 3.05) is 6.54 Å². The van der Waals surface area contributed by atoms with E-state index in [1.165, 1.54) is 0 Å². The minimum absolute atomic E-state index is 0.164. The Morgan fingerprint density at radius 2 is 1.90 bits per heavy atom. The molecule has 1 saturated heterocycles. The summed E-state index contributed by atoms with van der Waals surface area (Å²) in [4.78, 5) is 39.8. The van der Waals surface area contributed by atoms with E-state index in [0.29, 0.717) is 12.8 Å². The van der Waals surface area contributed by atoms with Gasteiger partial charge in [0.1, 0.15) is 12.1 Å². The number of rotatable bonds is 5. The predicted molar refractivity (Wildman–Crippen MR) is 114 cm³/mol. The van der Waals surface area contributed by atoms with Crippen molar-refractivity contribution in [2.45, 2.75) is 51.1 Å². The van der Waals surface area contributed by atoms with Gasteiger partial charge in [-0.25, -0.2) is 4.79 Å². The van der Waals surface area contributed by atoms with Gasteiger partial charge in [-0.1, -0.05) is 61.0 Å². The summed E-state index contributed by atoms with van der Waals surface area (Å²) in [5.74, 6) is -0.676. The highest BCUT2D eigenvalue weighted by atomic mass is 16.2. The molecule has 0 radical (unpaired) electrons. The number of nitrogens with one attached hydrogen (secondary N) is 2. The molecule has 2 aliphatic rings. The van der Waals surface area contributed by atoms with Crippen molar-refractivity contribution in [1.82, 2.24) is 15.5 Å². The van der Waals surface area contributed by atoms with E-state index in [2.05, 4.69) is 10.6 Å². The van der Waals surface area contributed by atoms with E-state index in [9.17, 15) is 14.4 Å². The lowest BCUT2D eigenvalue weighted by atomic mass is 9.76. The summed E-state index contributed by atoms with van der Waals surface area (Å²) in [7, 11) is 0. The van der Waals surface area contributed by atoms with Gasteiger partial charge in [0.25, 0.3) is 5.91 Å².